The zero-order valence-corrected chi connectivity index (χ0v) is 24.2. The van der Waals surface area contributed by atoms with Crippen molar-refractivity contribution in [2.45, 2.75) is 32.6 Å². The minimum atomic E-state index is -3.55. The second kappa shape index (κ2) is 11.9. The Morgan fingerprint density at radius 3 is 2.52 bits per heavy atom. The highest BCUT2D eigenvalue weighted by atomic mass is 32.2. The van der Waals surface area contributed by atoms with Gasteiger partial charge in [-0.15, -0.1) is 0 Å². The summed E-state index contributed by atoms with van der Waals surface area (Å²) in [4.78, 5) is 31.8. The number of benzene rings is 2. The van der Waals surface area contributed by atoms with Crippen molar-refractivity contribution in [3.05, 3.63) is 99.2 Å². The molecule has 0 fully saturated rings. The molecule has 10 nitrogen and oxygen atoms in total. The van der Waals surface area contributed by atoms with E-state index in [0.717, 1.165) is 21.7 Å². The molecule has 0 spiro atoms. The zero-order chi connectivity index (χ0) is 30.0. The first-order chi connectivity index (χ1) is 20.1. The van der Waals surface area contributed by atoms with E-state index in [4.69, 9.17) is 14.2 Å². The van der Waals surface area contributed by atoms with Crippen LogP contribution in [0.4, 0.5) is 4.39 Å². The summed E-state index contributed by atoms with van der Waals surface area (Å²) in [6, 6.07) is 15.2. The van der Waals surface area contributed by atoms with Crippen molar-refractivity contribution in [2.75, 3.05) is 26.5 Å². The Morgan fingerprint density at radius 1 is 1.14 bits per heavy atom. The lowest BCUT2D eigenvalue weighted by atomic mass is 10.0. The molecule has 0 saturated heterocycles. The van der Waals surface area contributed by atoms with Crippen LogP contribution in [0.2, 0.25) is 0 Å². The molecular formula is C30H30FN3O7S. The first-order valence-corrected chi connectivity index (χ1v) is 15.2. The molecule has 5 rings (SSSR count). The quantitative estimate of drug-likeness (QED) is 0.256. The van der Waals surface area contributed by atoms with Crippen molar-refractivity contribution in [3.63, 3.8) is 0 Å². The van der Waals surface area contributed by atoms with E-state index in [-0.39, 0.29) is 49.0 Å². The topological polar surface area (TPSA) is 117 Å². The lowest BCUT2D eigenvalue weighted by Crippen LogP contribution is -2.44. The number of carbonyl (C=O) groups is 1. The number of esters is 1. The van der Waals surface area contributed by atoms with Crippen LogP contribution in [-0.2, 0) is 34.3 Å². The number of hydrogen-bond acceptors (Lipinski definition) is 8. The Labute approximate surface area is 242 Å². The maximum absolute atomic E-state index is 14.0. The average Bonchev–Trinajstić information content (AvgIpc) is 2.96. The number of nitrogens with zero attached hydrogens (tertiary/aromatic N) is 3. The summed E-state index contributed by atoms with van der Waals surface area (Å²) in [6.07, 6.45) is 2.17. The minimum Gasteiger partial charge on any atom is -0.485 e. The number of halogens is 1. The number of sulfonamides is 1. The smallest absolute Gasteiger partial charge is 0.347 e. The lowest BCUT2D eigenvalue weighted by molar-refractivity contribution is 0.0517. The fraction of sp³-hybridized carbons (Fsp3) is 0.300. The van der Waals surface area contributed by atoms with E-state index >= 15 is 0 Å². The molecular weight excluding hydrogens is 565 g/mol. The monoisotopic (exact) mass is 595 g/mol. The molecule has 1 aliphatic rings. The Hall–Kier alpha value is -4.29. The summed E-state index contributed by atoms with van der Waals surface area (Å²) >= 11 is 0. The van der Waals surface area contributed by atoms with E-state index in [1.54, 1.807) is 25.3 Å². The van der Waals surface area contributed by atoms with Gasteiger partial charge in [-0.3, -0.25) is 14.3 Å². The molecule has 42 heavy (non-hydrogen) atoms. The largest absolute Gasteiger partial charge is 0.485 e. The van der Waals surface area contributed by atoms with E-state index in [0.29, 0.717) is 23.3 Å². The predicted molar refractivity (Wildman–Crippen MR) is 154 cm³/mol. The third-order valence-electron chi connectivity index (χ3n) is 6.96. The van der Waals surface area contributed by atoms with Crippen LogP contribution < -0.4 is 15.0 Å². The van der Waals surface area contributed by atoms with Crippen LogP contribution in [0.5, 0.6) is 11.5 Å². The number of carbonyl (C=O) groups excluding carboxylic acids is 1. The summed E-state index contributed by atoms with van der Waals surface area (Å²) in [5.74, 6) is -0.957. The predicted octanol–water partition coefficient (Wildman–Crippen LogP) is 3.53. The Bertz CT molecular complexity index is 1790. The summed E-state index contributed by atoms with van der Waals surface area (Å²) < 4.78 is 58.1. The number of aromatic nitrogens is 2. The van der Waals surface area contributed by atoms with Gasteiger partial charge in [-0.05, 0) is 30.2 Å². The van der Waals surface area contributed by atoms with Crippen LogP contribution in [0, 0.1) is 5.82 Å². The molecule has 2 aromatic heterocycles. The maximum atomic E-state index is 14.0. The first-order valence-electron chi connectivity index (χ1n) is 13.3. The van der Waals surface area contributed by atoms with Gasteiger partial charge >= 0.3 is 5.97 Å². The number of ether oxygens (including phenoxy) is 3. The molecule has 1 aliphatic heterocycles. The Kier molecular flexibility index (Phi) is 8.28. The van der Waals surface area contributed by atoms with E-state index < -0.39 is 27.7 Å². The van der Waals surface area contributed by atoms with Gasteiger partial charge in [0.25, 0.3) is 5.56 Å². The van der Waals surface area contributed by atoms with E-state index in [1.165, 1.54) is 23.7 Å². The Morgan fingerprint density at radius 2 is 1.86 bits per heavy atom. The number of hydrogen-bond donors (Lipinski definition) is 0. The highest BCUT2D eigenvalue weighted by Crippen LogP contribution is 2.39. The molecule has 4 aromatic rings. The van der Waals surface area contributed by atoms with Crippen LogP contribution in [0.15, 0.2) is 65.6 Å². The second-order valence-electron chi connectivity index (χ2n) is 10.0. The molecule has 12 heteroatoms. The number of likely N-dealkylation sites (N-methyl/N-ethyl adjacent to an activating group) is 1. The standard InChI is InChI=1S/C30H30FN3O7S/c1-4-39-30(36)24-28(40-18-20-8-6-5-7-9-20)25-26-27(21(15-32-25)14-19-10-12-22(31)13-11-19)41-23(17-34(26)29(24)35)16-33(2)42(3,37)38/h5-13,15,23H,4,14,16-18H2,1-3H3/t23-/m0/s1. The second-order valence-corrected chi connectivity index (χ2v) is 12.1. The summed E-state index contributed by atoms with van der Waals surface area (Å²) in [6.45, 7) is 1.63. The maximum Gasteiger partial charge on any atom is 0.347 e. The zero-order valence-electron chi connectivity index (χ0n) is 23.4. The van der Waals surface area contributed by atoms with Gasteiger partial charge in [0.05, 0.1) is 26.0 Å². The van der Waals surface area contributed by atoms with Crippen molar-refractivity contribution < 1.29 is 31.8 Å². The lowest BCUT2D eigenvalue weighted by Gasteiger charge is -2.31. The van der Waals surface area contributed by atoms with Gasteiger partial charge in [-0.25, -0.2) is 21.9 Å². The van der Waals surface area contributed by atoms with E-state index in [9.17, 15) is 22.4 Å². The molecule has 0 N–H and O–H groups in total. The molecule has 3 heterocycles. The summed E-state index contributed by atoms with van der Waals surface area (Å²) in [5, 5.41) is 0. The van der Waals surface area contributed by atoms with Crippen LogP contribution in [0.25, 0.3) is 11.0 Å². The van der Waals surface area contributed by atoms with Crippen LogP contribution in [0.1, 0.15) is 34.0 Å². The van der Waals surface area contributed by atoms with Crippen molar-refractivity contribution in [2.24, 2.45) is 0 Å². The van der Waals surface area contributed by atoms with Crippen molar-refractivity contribution in [3.8, 4) is 11.5 Å². The van der Waals surface area contributed by atoms with Gasteiger partial charge < -0.3 is 14.2 Å². The van der Waals surface area contributed by atoms with Gasteiger partial charge in [0.2, 0.25) is 10.0 Å². The normalized spacial score (nSPS) is 14.5. The van der Waals surface area contributed by atoms with E-state index in [2.05, 4.69) is 4.98 Å². The molecule has 0 aliphatic carbocycles. The van der Waals surface area contributed by atoms with Gasteiger partial charge in [0.15, 0.2) is 17.1 Å². The molecule has 0 saturated carbocycles. The summed E-state index contributed by atoms with van der Waals surface area (Å²) in [5.41, 5.74) is 1.74. The molecule has 2 aromatic carbocycles. The van der Waals surface area contributed by atoms with Crippen LogP contribution in [-0.4, -0.2) is 60.8 Å². The molecule has 0 bridgehead atoms. The van der Waals surface area contributed by atoms with Crippen molar-refractivity contribution >= 4 is 27.0 Å². The molecule has 220 valence electrons. The number of pyridine rings is 2. The molecule has 0 amide bonds. The molecule has 0 unspecified atom stereocenters. The van der Waals surface area contributed by atoms with Crippen molar-refractivity contribution in [1.29, 1.82) is 0 Å². The van der Waals surface area contributed by atoms with Crippen molar-refractivity contribution in [1.82, 2.24) is 13.9 Å². The third kappa shape index (κ3) is 6.00. The van der Waals surface area contributed by atoms with Gasteiger partial charge in [0, 0.05) is 25.2 Å². The first kappa shape index (κ1) is 29.2. The van der Waals surface area contributed by atoms with Crippen LogP contribution in [0.3, 0.4) is 0 Å². The molecule has 0 radical (unpaired) electrons. The summed E-state index contributed by atoms with van der Waals surface area (Å²) in [7, 11) is -2.13. The minimum absolute atomic E-state index is 0.0292. The number of rotatable bonds is 10. The van der Waals surface area contributed by atoms with Crippen LogP contribution >= 0.6 is 0 Å². The fourth-order valence-electron chi connectivity index (χ4n) is 4.82. The Balaban J connectivity index is 1.70. The van der Waals surface area contributed by atoms with Gasteiger partial charge in [-0.2, -0.15) is 0 Å². The van der Waals surface area contributed by atoms with Gasteiger partial charge in [0.1, 0.15) is 29.6 Å². The highest BCUT2D eigenvalue weighted by molar-refractivity contribution is 7.88. The third-order valence-corrected chi connectivity index (χ3v) is 8.24. The van der Waals surface area contributed by atoms with Gasteiger partial charge in [-0.1, -0.05) is 42.5 Å². The SMILES string of the molecule is CCOC(=O)c1c(OCc2ccccc2)c2ncc(Cc3ccc(F)cc3)c3c2n(c1=O)C[C@H](CN(C)S(C)(=O)=O)O3. The highest BCUT2D eigenvalue weighted by Gasteiger charge is 2.34. The fourth-order valence-corrected chi connectivity index (χ4v) is 5.26. The molecule has 1 atom stereocenters. The average molecular weight is 596 g/mol. The van der Waals surface area contributed by atoms with E-state index in [1.807, 2.05) is 30.3 Å².